The molecule has 0 spiro atoms. The predicted octanol–water partition coefficient (Wildman–Crippen LogP) is 2.60. The molecule has 1 aromatic heterocycles. The van der Waals surface area contributed by atoms with E-state index in [9.17, 15) is 4.79 Å². The second-order valence-corrected chi connectivity index (χ2v) is 7.39. The minimum Gasteiger partial charge on any atom is -0.484 e. The fourth-order valence-corrected chi connectivity index (χ4v) is 3.88. The van der Waals surface area contributed by atoms with Gasteiger partial charge in [0.2, 0.25) is 0 Å². The van der Waals surface area contributed by atoms with Crippen LogP contribution in [0.1, 0.15) is 42.4 Å². The van der Waals surface area contributed by atoms with Gasteiger partial charge in [0, 0.05) is 43.5 Å². The van der Waals surface area contributed by atoms with Gasteiger partial charge in [-0.15, -0.1) is 0 Å². The highest BCUT2D eigenvalue weighted by Gasteiger charge is 2.31. The van der Waals surface area contributed by atoms with Gasteiger partial charge in [-0.1, -0.05) is 18.2 Å². The van der Waals surface area contributed by atoms with Crippen LogP contribution in [-0.2, 0) is 17.8 Å². The standard InChI is InChI=1S/C21H26N4O2/c1-24-12-10-18-16(14-24)13-22-21(23-18)19-9-5-6-11-25(19)20(26)15-27-17-7-3-2-4-8-17/h2-4,7-8,13,19H,5-6,9-12,14-15H2,1H3. The monoisotopic (exact) mass is 366 g/mol. The molecule has 0 saturated carbocycles. The summed E-state index contributed by atoms with van der Waals surface area (Å²) in [5, 5.41) is 0. The highest BCUT2D eigenvalue weighted by Crippen LogP contribution is 2.30. The minimum absolute atomic E-state index is 0.00427. The summed E-state index contributed by atoms with van der Waals surface area (Å²) in [6.45, 7) is 2.70. The molecular weight excluding hydrogens is 340 g/mol. The van der Waals surface area contributed by atoms with E-state index in [1.807, 2.05) is 41.4 Å². The molecule has 2 aromatic rings. The number of likely N-dealkylation sites (N-methyl/N-ethyl adjacent to an activating group) is 1. The number of carbonyl (C=O) groups is 1. The number of ether oxygens (including phenoxy) is 1. The number of hydrogen-bond acceptors (Lipinski definition) is 5. The number of likely N-dealkylation sites (tertiary alicyclic amines) is 1. The quantitative estimate of drug-likeness (QED) is 0.832. The van der Waals surface area contributed by atoms with Gasteiger partial charge in [0.25, 0.3) is 5.91 Å². The van der Waals surface area contributed by atoms with Gasteiger partial charge < -0.3 is 14.5 Å². The number of hydrogen-bond donors (Lipinski definition) is 0. The molecule has 3 heterocycles. The topological polar surface area (TPSA) is 58.6 Å². The Balaban J connectivity index is 1.48. The van der Waals surface area contributed by atoms with Gasteiger partial charge in [0.1, 0.15) is 5.75 Å². The van der Waals surface area contributed by atoms with E-state index in [1.54, 1.807) is 0 Å². The summed E-state index contributed by atoms with van der Waals surface area (Å²) in [5.74, 6) is 1.50. The van der Waals surface area contributed by atoms with E-state index < -0.39 is 0 Å². The Morgan fingerprint density at radius 1 is 1.22 bits per heavy atom. The fourth-order valence-electron chi connectivity index (χ4n) is 3.88. The first-order valence-corrected chi connectivity index (χ1v) is 9.71. The van der Waals surface area contributed by atoms with Gasteiger partial charge >= 0.3 is 0 Å². The van der Waals surface area contributed by atoms with Crippen molar-refractivity contribution in [1.82, 2.24) is 19.8 Å². The van der Waals surface area contributed by atoms with Gasteiger partial charge in [-0.2, -0.15) is 0 Å². The average Bonchev–Trinajstić information content (AvgIpc) is 2.72. The Morgan fingerprint density at radius 3 is 2.93 bits per heavy atom. The molecule has 0 N–H and O–H groups in total. The van der Waals surface area contributed by atoms with Crippen molar-refractivity contribution in [3.63, 3.8) is 0 Å². The molecule has 6 nitrogen and oxygen atoms in total. The van der Waals surface area contributed by atoms with Crippen LogP contribution >= 0.6 is 0 Å². The largest absolute Gasteiger partial charge is 0.484 e. The van der Waals surface area contributed by atoms with Gasteiger partial charge in [-0.3, -0.25) is 4.79 Å². The number of fused-ring (bicyclic) bond motifs is 1. The van der Waals surface area contributed by atoms with Gasteiger partial charge in [-0.25, -0.2) is 9.97 Å². The zero-order valence-corrected chi connectivity index (χ0v) is 15.8. The third kappa shape index (κ3) is 4.11. The van der Waals surface area contributed by atoms with Crippen molar-refractivity contribution < 1.29 is 9.53 Å². The highest BCUT2D eigenvalue weighted by atomic mass is 16.5. The van der Waals surface area contributed by atoms with Gasteiger partial charge in [0.15, 0.2) is 12.4 Å². The number of carbonyl (C=O) groups excluding carboxylic acids is 1. The van der Waals surface area contributed by atoms with Crippen molar-refractivity contribution in [2.24, 2.45) is 0 Å². The van der Waals surface area contributed by atoms with Crippen LogP contribution in [0.15, 0.2) is 36.5 Å². The molecule has 2 aliphatic heterocycles. The van der Waals surface area contributed by atoms with E-state index >= 15 is 0 Å². The van der Waals surface area contributed by atoms with Crippen LogP contribution in [0, 0.1) is 0 Å². The lowest BCUT2D eigenvalue weighted by Gasteiger charge is -2.35. The summed E-state index contributed by atoms with van der Waals surface area (Å²) in [6.07, 6.45) is 5.92. The molecule has 2 aliphatic rings. The van der Waals surface area contributed by atoms with Gasteiger partial charge in [0.05, 0.1) is 6.04 Å². The summed E-state index contributed by atoms with van der Waals surface area (Å²) >= 11 is 0. The number of piperidine rings is 1. The summed E-state index contributed by atoms with van der Waals surface area (Å²) in [6, 6.07) is 9.43. The first-order valence-electron chi connectivity index (χ1n) is 9.71. The molecule has 142 valence electrons. The van der Waals surface area contributed by atoms with E-state index in [0.717, 1.165) is 56.8 Å². The molecule has 1 saturated heterocycles. The van der Waals surface area contributed by atoms with Crippen molar-refractivity contribution in [2.45, 2.75) is 38.3 Å². The SMILES string of the molecule is CN1CCc2nc(C3CCCCN3C(=O)COc3ccccc3)ncc2C1. The Bertz CT molecular complexity index is 796. The van der Waals surface area contributed by atoms with Crippen molar-refractivity contribution in [1.29, 1.82) is 0 Å². The molecule has 1 amide bonds. The Hall–Kier alpha value is -2.47. The smallest absolute Gasteiger partial charge is 0.261 e. The van der Waals surface area contributed by atoms with Crippen LogP contribution in [0.5, 0.6) is 5.75 Å². The van der Waals surface area contributed by atoms with Crippen LogP contribution < -0.4 is 4.74 Å². The molecular formula is C21H26N4O2. The molecule has 27 heavy (non-hydrogen) atoms. The number of para-hydroxylation sites is 1. The van der Waals surface area contributed by atoms with E-state index in [1.165, 1.54) is 5.56 Å². The minimum atomic E-state index is -0.0458. The molecule has 1 aromatic carbocycles. The normalized spacial score (nSPS) is 20.2. The van der Waals surface area contributed by atoms with Crippen molar-refractivity contribution in [2.75, 3.05) is 26.7 Å². The second-order valence-electron chi connectivity index (χ2n) is 7.39. The lowest BCUT2D eigenvalue weighted by molar-refractivity contribution is -0.137. The molecule has 0 aliphatic carbocycles. The lowest BCUT2D eigenvalue weighted by Crippen LogP contribution is -2.42. The summed E-state index contributed by atoms with van der Waals surface area (Å²) < 4.78 is 5.67. The maximum atomic E-state index is 12.8. The van der Waals surface area contributed by atoms with E-state index in [2.05, 4.69) is 16.9 Å². The van der Waals surface area contributed by atoms with Crippen molar-refractivity contribution in [3.05, 3.63) is 53.6 Å². The Morgan fingerprint density at radius 2 is 2.07 bits per heavy atom. The fraction of sp³-hybridized carbons (Fsp3) is 0.476. The zero-order valence-electron chi connectivity index (χ0n) is 15.8. The number of amides is 1. The summed E-state index contributed by atoms with van der Waals surface area (Å²) in [7, 11) is 2.12. The summed E-state index contributed by atoms with van der Waals surface area (Å²) in [5.41, 5.74) is 2.34. The molecule has 6 heteroatoms. The molecule has 4 rings (SSSR count). The van der Waals surface area contributed by atoms with Crippen LogP contribution in [0.4, 0.5) is 0 Å². The average molecular weight is 366 g/mol. The maximum absolute atomic E-state index is 12.8. The molecule has 1 unspecified atom stereocenters. The maximum Gasteiger partial charge on any atom is 0.261 e. The first kappa shape index (κ1) is 17.9. The van der Waals surface area contributed by atoms with Crippen LogP contribution in [0.25, 0.3) is 0 Å². The van der Waals surface area contributed by atoms with Gasteiger partial charge in [-0.05, 0) is 38.4 Å². The number of benzene rings is 1. The number of rotatable bonds is 4. The zero-order chi connectivity index (χ0) is 18.6. The predicted molar refractivity (Wildman–Crippen MR) is 102 cm³/mol. The van der Waals surface area contributed by atoms with Crippen LogP contribution in [0.3, 0.4) is 0 Å². The van der Waals surface area contributed by atoms with E-state index in [0.29, 0.717) is 5.75 Å². The van der Waals surface area contributed by atoms with E-state index in [-0.39, 0.29) is 18.6 Å². The Labute approximate surface area is 160 Å². The second kappa shape index (κ2) is 8.05. The Kier molecular flexibility index (Phi) is 5.34. The highest BCUT2D eigenvalue weighted by molar-refractivity contribution is 5.78. The third-order valence-corrected chi connectivity index (χ3v) is 5.37. The lowest BCUT2D eigenvalue weighted by atomic mass is 10.0. The van der Waals surface area contributed by atoms with E-state index in [4.69, 9.17) is 9.72 Å². The van der Waals surface area contributed by atoms with Crippen molar-refractivity contribution in [3.8, 4) is 5.75 Å². The molecule has 1 fully saturated rings. The van der Waals surface area contributed by atoms with Crippen LogP contribution in [0.2, 0.25) is 0 Å². The third-order valence-electron chi connectivity index (χ3n) is 5.37. The van der Waals surface area contributed by atoms with Crippen LogP contribution in [-0.4, -0.2) is 52.4 Å². The first-order chi connectivity index (χ1) is 13.2. The number of aromatic nitrogens is 2. The molecule has 0 radical (unpaired) electrons. The molecule has 0 bridgehead atoms. The summed E-state index contributed by atoms with van der Waals surface area (Å²) in [4.78, 5) is 26.5. The number of nitrogens with zero attached hydrogens (tertiary/aromatic N) is 4. The molecule has 1 atom stereocenters. The van der Waals surface area contributed by atoms with Crippen molar-refractivity contribution >= 4 is 5.91 Å².